The molecule has 1 N–H and O–H groups in total. The highest BCUT2D eigenvalue weighted by molar-refractivity contribution is 5.66. The lowest BCUT2D eigenvalue weighted by atomic mass is 10.1. The van der Waals surface area contributed by atoms with Gasteiger partial charge in [-0.15, -0.1) is 0 Å². The van der Waals surface area contributed by atoms with Crippen LogP contribution in [0.25, 0.3) is 4.85 Å². The van der Waals surface area contributed by atoms with Crippen molar-refractivity contribution in [1.82, 2.24) is 9.80 Å². The average Bonchev–Trinajstić information content (AvgIpc) is 2.88. The van der Waals surface area contributed by atoms with E-state index in [9.17, 15) is 10.1 Å². The number of nitrogens with zero attached hydrogens (tertiary/aromatic N) is 4. The lowest BCUT2D eigenvalue weighted by molar-refractivity contribution is -0.137. The van der Waals surface area contributed by atoms with Gasteiger partial charge < -0.3 is 14.9 Å². The Morgan fingerprint density at radius 3 is 2.46 bits per heavy atom. The Morgan fingerprint density at radius 2 is 1.92 bits per heavy atom. The van der Waals surface area contributed by atoms with E-state index in [1.165, 1.54) is 11.1 Å². The van der Waals surface area contributed by atoms with Crippen LogP contribution in [0.1, 0.15) is 23.1 Å². The molecule has 6 nitrogen and oxygen atoms in total. The molecule has 24 heavy (non-hydrogen) atoms. The summed E-state index contributed by atoms with van der Waals surface area (Å²) in [6.45, 7) is 13.5. The van der Waals surface area contributed by atoms with Crippen molar-refractivity contribution in [2.45, 2.75) is 26.8 Å². The number of carboxylic acid groups (broad SMARTS) is 1. The van der Waals surface area contributed by atoms with Crippen LogP contribution in [0, 0.1) is 31.8 Å². The number of carbonyl (C=O) groups is 1. The van der Waals surface area contributed by atoms with Gasteiger partial charge in [0.1, 0.15) is 5.82 Å². The van der Waals surface area contributed by atoms with E-state index in [2.05, 4.69) is 23.0 Å². The normalized spacial score (nSPS) is 15.8. The molecule has 1 aliphatic heterocycles. The van der Waals surface area contributed by atoms with Crippen molar-refractivity contribution in [3.63, 3.8) is 0 Å². The van der Waals surface area contributed by atoms with Crippen molar-refractivity contribution in [3.05, 3.63) is 57.8 Å². The number of benzene rings is 1. The van der Waals surface area contributed by atoms with Gasteiger partial charge in [0.2, 0.25) is 0 Å². The summed E-state index contributed by atoms with van der Waals surface area (Å²) < 4.78 is 0. The predicted octanol–water partition coefficient (Wildman–Crippen LogP) is 2.51. The molecule has 0 bridgehead atoms. The number of nitriles is 1. The number of carboxylic acids is 1. The number of aryl methyl sites for hydroxylation is 2. The van der Waals surface area contributed by atoms with E-state index < -0.39 is 5.97 Å². The van der Waals surface area contributed by atoms with Gasteiger partial charge in [0.15, 0.2) is 0 Å². The quantitative estimate of drug-likeness (QED) is 0.665. The number of allylic oxidation sites excluding steroid dienone is 1. The van der Waals surface area contributed by atoms with E-state index in [4.69, 9.17) is 11.7 Å². The average molecular weight is 324 g/mol. The van der Waals surface area contributed by atoms with Crippen molar-refractivity contribution in [2.75, 3.05) is 19.6 Å². The molecule has 1 heterocycles. The Kier molecular flexibility index (Phi) is 5.44. The topological polar surface area (TPSA) is 71.9 Å². The van der Waals surface area contributed by atoms with E-state index in [-0.39, 0.29) is 12.1 Å². The van der Waals surface area contributed by atoms with Gasteiger partial charge in [-0.3, -0.25) is 4.79 Å². The zero-order valence-electron chi connectivity index (χ0n) is 13.9. The summed E-state index contributed by atoms with van der Waals surface area (Å²) in [4.78, 5) is 18.0. The fourth-order valence-electron chi connectivity index (χ4n) is 3.06. The molecule has 0 spiro atoms. The van der Waals surface area contributed by atoms with Crippen LogP contribution in [-0.2, 0) is 11.3 Å². The summed E-state index contributed by atoms with van der Waals surface area (Å²) >= 11 is 0. The lowest BCUT2D eigenvalue weighted by Gasteiger charge is -2.25. The maximum atomic E-state index is 10.8. The molecule has 0 aliphatic carbocycles. The lowest BCUT2D eigenvalue weighted by Crippen LogP contribution is -2.26. The van der Waals surface area contributed by atoms with E-state index in [0.29, 0.717) is 32.0 Å². The van der Waals surface area contributed by atoms with Crippen LogP contribution in [0.2, 0.25) is 0 Å². The fourth-order valence-corrected chi connectivity index (χ4v) is 3.06. The van der Waals surface area contributed by atoms with Crippen molar-refractivity contribution in [3.8, 4) is 6.07 Å². The van der Waals surface area contributed by atoms with E-state index in [0.717, 1.165) is 5.56 Å². The summed E-state index contributed by atoms with van der Waals surface area (Å²) in [6, 6.07) is 8.23. The third-order valence-corrected chi connectivity index (χ3v) is 3.92. The van der Waals surface area contributed by atoms with Crippen LogP contribution >= 0.6 is 0 Å². The Bertz CT molecular complexity index is 719. The van der Waals surface area contributed by atoms with E-state index in [1.807, 2.05) is 29.7 Å². The third-order valence-electron chi connectivity index (χ3n) is 3.92. The van der Waals surface area contributed by atoms with Crippen LogP contribution in [0.5, 0.6) is 0 Å². The largest absolute Gasteiger partial charge is 0.481 e. The van der Waals surface area contributed by atoms with Gasteiger partial charge in [-0.1, -0.05) is 29.3 Å². The molecular formula is C18H20N4O2. The van der Waals surface area contributed by atoms with Gasteiger partial charge in [0.05, 0.1) is 19.1 Å². The minimum atomic E-state index is -0.886. The number of aliphatic carboxylic acids is 1. The second-order valence-corrected chi connectivity index (χ2v) is 5.94. The molecule has 1 aliphatic rings. The molecule has 0 atom stereocenters. The standard InChI is InChI=1S/C18H20N4O2/c1-13-8-14(2)10-15(9-13)12-22-7-6-21(5-4-17(23)24)18(22)16(11-19)20-3/h8-10H,4-7,12H2,1-2H3,(H,23,24)/b18-16+. The van der Waals surface area contributed by atoms with Gasteiger partial charge in [0.25, 0.3) is 0 Å². The highest BCUT2D eigenvalue weighted by Crippen LogP contribution is 2.25. The summed E-state index contributed by atoms with van der Waals surface area (Å²) in [7, 11) is 0. The third kappa shape index (κ3) is 4.05. The van der Waals surface area contributed by atoms with Gasteiger partial charge in [-0.2, -0.15) is 0 Å². The van der Waals surface area contributed by atoms with Gasteiger partial charge >= 0.3 is 11.7 Å². The van der Waals surface area contributed by atoms with Crippen LogP contribution in [0.4, 0.5) is 0 Å². The second-order valence-electron chi connectivity index (χ2n) is 5.94. The smallest absolute Gasteiger partial charge is 0.305 e. The zero-order chi connectivity index (χ0) is 17.7. The van der Waals surface area contributed by atoms with Crippen molar-refractivity contribution < 1.29 is 9.90 Å². The molecule has 0 amide bonds. The maximum Gasteiger partial charge on any atom is 0.305 e. The van der Waals surface area contributed by atoms with Crippen molar-refractivity contribution in [2.24, 2.45) is 0 Å². The summed E-state index contributed by atoms with van der Waals surface area (Å²) in [5.74, 6) is -0.337. The van der Waals surface area contributed by atoms with Crippen LogP contribution in [0.15, 0.2) is 29.7 Å². The summed E-state index contributed by atoms with van der Waals surface area (Å²) in [6.07, 6.45) is -0.0163. The Balaban J connectivity index is 2.28. The molecule has 0 aromatic heterocycles. The molecule has 2 rings (SSSR count). The first-order chi connectivity index (χ1) is 11.4. The van der Waals surface area contributed by atoms with Crippen LogP contribution in [0.3, 0.4) is 0 Å². The molecule has 0 saturated carbocycles. The first-order valence-corrected chi connectivity index (χ1v) is 7.75. The first kappa shape index (κ1) is 17.4. The summed E-state index contributed by atoms with van der Waals surface area (Å²) in [5, 5.41) is 18.2. The van der Waals surface area contributed by atoms with Gasteiger partial charge in [0, 0.05) is 26.2 Å². The predicted molar refractivity (Wildman–Crippen MR) is 89.4 cm³/mol. The van der Waals surface area contributed by atoms with Crippen molar-refractivity contribution >= 4 is 5.97 Å². The van der Waals surface area contributed by atoms with Gasteiger partial charge in [-0.05, 0) is 19.4 Å². The summed E-state index contributed by atoms with van der Waals surface area (Å²) in [5.41, 5.74) is 3.47. The Labute approximate surface area is 142 Å². The van der Waals surface area contributed by atoms with Gasteiger partial charge in [-0.25, -0.2) is 10.1 Å². The van der Waals surface area contributed by atoms with Crippen LogP contribution < -0.4 is 0 Å². The molecule has 124 valence electrons. The fraction of sp³-hybridized carbons (Fsp3) is 0.389. The SMILES string of the molecule is [C-]#[N+]/C(C#N)=C1\N(CCC(=O)O)CCN1Cc1cc(C)cc(C)c1. The Hall–Kier alpha value is -2.99. The molecule has 0 radical (unpaired) electrons. The molecule has 1 aromatic carbocycles. The van der Waals surface area contributed by atoms with Crippen LogP contribution in [-0.4, -0.2) is 40.5 Å². The molecule has 0 unspecified atom stereocenters. The molecule has 1 saturated heterocycles. The first-order valence-electron chi connectivity index (χ1n) is 7.75. The second kappa shape index (κ2) is 7.52. The maximum absolute atomic E-state index is 10.8. The number of rotatable bonds is 5. The van der Waals surface area contributed by atoms with E-state index >= 15 is 0 Å². The molecular weight excluding hydrogens is 304 g/mol. The number of hydrogen-bond acceptors (Lipinski definition) is 4. The highest BCUT2D eigenvalue weighted by atomic mass is 16.4. The number of hydrogen-bond donors (Lipinski definition) is 1. The monoisotopic (exact) mass is 324 g/mol. The minimum absolute atomic E-state index is 0.0160. The Morgan fingerprint density at radius 1 is 1.29 bits per heavy atom. The zero-order valence-corrected chi connectivity index (χ0v) is 13.9. The molecule has 1 fully saturated rings. The highest BCUT2D eigenvalue weighted by Gasteiger charge is 2.28. The molecule has 1 aromatic rings. The minimum Gasteiger partial charge on any atom is -0.481 e. The van der Waals surface area contributed by atoms with Crippen molar-refractivity contribution in [1.29, 1.82) is 5.26 Å². The molecule has 6 heteroatoms. The van der Waals surface area contributed by atoms with E-state index in [1.54, 1.807) is 0 Å².